The van der Waals surface area contributed by atoms with Crippen LogP contribution in [-0.2, 0) is 12.8 Å². The standard InChI is InChI=1S/C22H20N4O5S2/c1-11-5-6-14-17(9-11)33-21(18(14)19(23)27)25-22(32)24-20(28)16-8-7-15(31-16)12-3-2-4-13(10-12)26(29)30/h2-4,7-8,10-11H,5-6,9H2,1H3,(H2,23,27)(H2,24,25,28,32)/t11-/m1/s1. The number of fused-ring (bicyclic) bond motifs is 1. The number of rotatable bonds is 5. The summed E-state index contributed by atoms with van der Waals surface area (Å²) in [5.41, 5.74) is 7.37. The minimum absolute atomic E-state index is 0.00226. The zero-order valence-electron chi connectivity index (χ0n) is 17.5. The van der Waals surface area contributed by atoms with Crippen LogP contribution in [0.15, 0.2) is 40.8 Å². The van der Waals surface area contributed by atoms with E-state index in [0.29, 0.717) is 27.8 Å². The zero-order chi connectivity index (χ0) is 23.7. The first-order chi connectivity index (χ1) is 15.7. The molecule has 0 aliphatic heterocycles. The van der Waals surface area contributed by atoms with Gasteiger partial charge in [-0.2, -0.15) is 0 Å². The van der Waals surface area contributed by atoms with Crippen molar-refractivity contribution in [3.05, 3.63) is 68.3 Å². The summed E-state index contributed by atoms with van der Waals surface area (Å²) in [5.74, 6) is -0.324. The summed E-state index contributed by atoms with van der Waals surface area (Å²) in [5, 5.41) is 16.9. The molecule has 11 heteroatoms. The number of nitro groups is 1. The molecule has 1 aliphatic rings. The van der Waals surface area contributed by atoms with Crippen LogP contribution in [0.1, 0.15) is 44.7 Å². The highest BCUT2D eigenvalue weighted by Gasteiger charge is 2.27. The van der Waals surface area contributed by atoms with Gasteiger partial charge in [0.1, 0.15) is 10.8 Å². The van der Waals surface area contributed by atoms with Crippen molar-refractivity contribution in [1.82, 2.24) is 5.32 Å². The van der Waals surface area contributed by atoms with Crippen molar-refractivity contribution in [2.45, 2.75) is 26.2 Å². The zero-order valence-corrected chi connectivity index (χ0v) is 19.2. The number of nitro benzene ring substituents is 1. The molecule has 9 nitrogen and oxygen atoms in total. The fourth-order valence-electron chi connectivity index (χ4n) is 3.79. The number of benzene rings is 1. The number of thiocarbonyl (C=S) groups is 1. The monoisotopic (exact) mass is 484 g/mol. The predicted molar refractivity (Wildman–Crippen MR) is 129 cm³/mol. The van der Waals surface area contributed by atoms with E-state index in [0.717, 1.165) is 29.7 Å². The summed E-state index contributed by atoms with van der Waals surface area (Å²) < 4.78 is 5.56. The molecule has 0 saturated heterocycles. The molecule has 2 aromatic heterocycles. The second-order valence-corrected chi connectivity index (χ2v) is 9.31. The van der Waals surface area contributed by atoms with E-state index in [4.69, 9.17) is 22.4 Å². The lowest BCUT2D eigenvalue weighted by Crippen LogP contribution is -2.34. The van der Waals surface area contributed by atoms with Gasteiger partial charge in [-0.15, -0.1) is 11.3 Å². The molecule has 4 rings (SSSR count). The minimum Gasteiger partial charge on any atom is -0.451 e. The summed E-state index contributed by atoms with van der Waals surface area (Å²) in [6.07, 6.45) is 2.63. The number of thiophene rings is 1. The molecule has 0 saturated carbocycles. The number of furan rings is 1. The maximum atomic E-state index is 12.6. The molecule has 4 N–H and O–H groups in total. The normalized spacial score (nSPS) is 14.9. The minimum atomic E-state index is -0.597. The van der Waals surface area contributed by atoms with Crippen molar-refractivity contribution < 1.29 is 18.9 Å². The second kappa shape index (κ2) is 9.12. The maximum Gasteiger partial charge on any atom is 0.293 e. The molecule has 0 fully saturated rings. The highest BCUT2D eigenvalue weighted by molar-refractivity contribution is 7.80. The molecule has 3 aromatic rings. The largest absolute Gasteiger partial charge is 0.451 e. The van der Waals surface area contributed by atoms with E-state index >= 15 is 0 Å². The Kier molecular flexibility index (Phi) is 6.25. The molecular formula is C22H20N4O5S2. The average Bonchev–Trinajstić information content (AvgIpc) is 3.38. The van der Waals surface area contributed by atoms with Gasteiger partial charge in [-0.05, 0) is 55.1 Å². The molecule has 0 spiro atoms. The van der Waals surface area contributed by atoms with Gasteiger partial charge >= 0.3 is 0 Å². The number of primary amides is 1. The van der Waals surface area contributed by atoms with Gasteiger partial charge in [0.25, 0.3) is 17.5 Å². The van der Waals surface area contributed by atoms with Crippen LogP contribution in [0.25, 0.3) is 11.3 Å². The van der Waals surface area contributed by atoms with Crippen molar-refractivity contribution >= 4 is 51.2 Å². The van der Waals surface area contributed by atoms with Crippen molar-refractivity contribution in [3.8, 4) is 11.3 Å². The van der Waals surface area contributed by atoms with Crippen LogP contribution in [0.4, 0.5) is 10.7 Å². The second-order valence-electron chi connectivity index (χ2n) is 7.80. The van der Waals surface area contributed by atoms with Crippen molar-refractivity contribution in [3.63, 3.8) is 0 Å². The summed E-state index contributed by atoms with van der Waals surface area (Å²) >= 11 is 6.68. The number of hydrogen-bond donors (Lipinski definition) is 3. The molecule has 0 bridgehead atoms. The SMILES string of the molecule is C[C@@H]1CCc2c(sc(NC(=S)NC(=O)c3ccc(-c4cccc([N+](=O)[O-])c4)o3)c2C(N)=O)C1. The van der Waals surface area contributed by atoms with Crippen LogP contribution in [0.3, 0.4) is 0 Å². The Labute approximate surface area is 198 Å². The van der Waals surface area contributed by atoms with E-state index in [9.17, 15) is 19.7 Å². The van der Waals surface area contributed by atoms with Crippen LogP contribution < -0.4 is 16.4 Å². The van der Waals surface area contributed by atoms with Gasteiger partial charge in [-0.1, -0.05) is 19.1 Å². The van der Waals surface area contributed by atoms with E-state index < -0.39 is 16.7 Å². The molecule has 1 aromatic carbocycles. The topological polar surface area (TPSA) is 140 Å². The van der Waals surface area contributed by atoms with Gasteiger partial charge in [-0.3, -0.25) is 25.0 Å². The lowest BCUT2D eigenvalue weighted by Gasteiger charge is -2.18. The van der Waals surface area contributed by atoms with Crippen molar-refractivity contribution in [1.29, 1.82) is 0 Å². The number of non-ortho nitro benzene ring substituents is 1. The lowest BCUT2D eigenvalue weighted by atomic mass is 9.88. The van der Waals surface area contributed by atoms with Crippen LogP contribution in [0.5, 0.6) is 0 Å². The van der Waals surface area contributed by atoms with E-state index in [-0.39, 0.29) is 16.6 Å². The Hall–Kier alpha value is -3.57. The lowest BCUT2D eigenvalue weighted by molar-refractivity contribution is -0.384. The Morgan fingerprint density at radius 2 is 2.09 bits per heavy atom. The molecule has 2 amide bonds. The molecule has 170 valence electrons. The smallest absolute Gasteiger partial charge is 0.293 e. The fourth-order valence-corrected chi connectivity index (χ4v) is 5.47. The van der Waals surface area contributed by atoms with Gasteiger partial charge in [0.2, 0.25) is 0 Å². The van der Waals surface area contributed by atoms with Gasteiger partial charge in [0, 0.05) is 22.6 Å². The molecule has 33 heavy (non-hydrogen) atoms. The maximum absolute atomic E-state index is 12.6. The van der Waals surface area contributed by atoms with Crippen molar-refractivity contribution in [2.24, 2.45) is 11.7 Å². The van der Waals surface area contributed by atoms with Gasteiger partial charge < -0.3 is 15.5 Å². The predicted octanol–water partition coefficient (Wildman–Crippen LogP) is 4.27. The first-order valence-electron chi connectivity index (χ1n) is 10.1. The summed E-state index contributed by atoms with van der Waals surface area (Å²) in [6, 6.07) is 8.90. The van der Waals surface area contributed by atoms with E-state index in [1.54, 1.807) is 12.1 Å². The van der Waals surface area contributed by atoms with E-state index in [1.165, 1.54) is 35.6 Å². The highest BCUT2D eigenvalue weighted by atomic mass is 32.1. The number of carbonyl (C=O) groups is 2. The van der Waals surface area contributed by atoms with Gasteiger partial charge in [0.15, 0.2) is 10.9 Å². The number of hydrogen-bond acceptors (Lipinski definition) is 7. The molecule has 2 heterocycles. The first-order valence-corrected chi connectivity index (χ1v) is 11.4. The third-order valence-corrected chi connectivity index (χ3v) is 6.76. The van der Waals surface area contributed by atoms with Gasteiger partial charge in [0.05, 0.1) is 10.5 Å². The van der Waals surface area contributed by atoms with E-state index in [2.05, 4.69) is 17.6 Å². The molecule has 1 atom stereocenters. The Morgan fingerprint density at radius 1 is 1.30 bits per heavy atom. The van der Waals surface area contributed by atoms with Crippen LogP contribution in [0.2, 0.25) is 0 Å². The Morgan fingerprint density at radius 3 is 2.82 bits per heavy atom. The molecule has 1 aliphatic carbocycles. The van der Waals surface area contributed by atoms with Crippen LogP contribution in [-0.4, -0.2) is 21.9 Å². The third-order valence-electron chi connectivity index (χ3n) is 5.38. The number of nitrogens with one attached hydrogen (secondary N) is 2. The van der Waals surface area contributed by atoms with Crippen molar-refractivity contribution in [2.75, 3.05) is 5.32 Å². The highest BCUT2D eigenvalue weighted by Crippen LogP contribution is 2.39. The Balaban J connectivity index is 1.47. The summed E-state index contributed by atoms with van der Waals surface area (Å²) in [6.45, 7) is 2.16. The quantitative estimate of drug-likeness (QED) is 0.279. The van der Waals surface area contributed by atoms with Crippen LogP contribution in [0, 0.1) is 16.0 Å². The van der Waals surface area contributed by atoms with Gasteiger partial charge in [-0.25, -0.2) is 0 Å². The molecule has 0 radical (unpaired) electrons. The van der Waals surface area contributed by atoms with Crippen LogP contribution >= 0.6 is 23.6 Å². The summed E-state index contributed by atoms with van der Waals surface area (Å²) in [4.78, 5) is 36.2. The number of carbonyl (C=O) groups excluding carboxylic acids is 2. The summed E-state index contributed by atoms with van der Waals surface area (Å²) in [7, 11) is 0. The number of amides is 2. The third kappa shape index (κ3) is 4.78. The molecular weight excluding hydrogens is 464 g/mol. The average molecular weight is 485 g/mol. The number of nitrogens with zero attached hydrogens (tertiary/aromatic N) is 1. The fraction of sp³-hybridized carbons (Fsp3) is 0.227. The van der Waals surface area contributed by atoms with E-state index in [1.807, 2.05) is 0 Å². The Bertz CT molecular complexity index is 1280. The molecule has 0 unspecified atom stereocenters. The number of nitrogens with two attached hydrogens (primary N) is 1. The first kappa shape index (κ1) is 22.6. The number of anilines is 1.